The van der Waals surface area contributed by atoms with Crippen LogP contribution in [0.25, 0.3) is 0 Å². The van der Waals surface area contributed by atoms with Crippen molar-refractivity contribution in [3.63, 3.8) is 0 Å². The number of rotatable bonds is 3. The molecule has 0 radical (unpaired) electrons. The zero-order valence-electron chi connectivity index (χ0n) is 9.58. The Balaban J connectivity index is 2.13. The highest BCUT2D eigenvalue weighted by Gasteiger charge is 2.20. The maximum Gasteiger partial charge on any atom is 0.111 e. The molecule has 1 aromatic heterocycles. The summed E-state index contributed by atoms with van der Waals surface area (Å²) < 4.78 is 2.25. The Morgan fingerprint density at radius 3 is 2.80 bits per heavy atom. The van der Waals surface area contributed by atoms with E-state index >= 15 is 0 Å². The monoisotopic (exact) mass is 207 g/mol. The third kappa shape index (κ3) is 2.23. The molecule has 1 fully saturated rings. The van der Waals surface area contributed by atoms with Gasteiger partial charge in [-0.25, -0.2) is 4.98 Å². The summed E-state index contributed by atoms with van der Waals surface area (Å²) in [6.45, 7) is 0.712. The Labute approximate surface area is 91.7 Å². The Hall–Kier alpha value is -0.830. The molecule has 1 heterocycles. The van der Waals surface area contributed by atoms with Gasteiger partial charge in [-0.3, -0.25) is 0 Å². The number of hydrogen-bond acceptors (Lipinski definition) is 2. The topological polar surface area (TPSA) is 43.8 Å². The first kappa shape index (κ1) is 10.7. The first-order chi connectivity index (χ1) is 7.33. The van der Waals surface area contributed by atoms with Gasteiger partial charge in [0.1, 0.15) is 5.82 Å². The van der Waals surface area contributed by atoms with Crippen molar-refractivity contribution in [2.45, 2.75) is 44.4 Å². The van der Waals surface area contributed by atoms with Crippen LogP contribution in [0.15, 0.2) is 6.20 Å². The molecule has 0 unspecified atom stereocenters. The summed E-state index contributed by atoms with van der Waals surface area (Å²) in [5, 5.41) is 0. The number of aromatic nitrogens is 2. The summed E-state index contributed by atoms with van der Waals surface area (Å²) in [6, 6.07) is 0. The molecule has 3 heteroatoms. The molecule has 84 valence electrons. The molecule has 2 N–H and O–H groups in total. The van der Waals surface area contributed by atoms with Crippen molar-refractivity contribution < 1.29 is 0 Å². The van der Waals surface area contributed by atoms with Crippen molar-refractivity contribution in [3.8, 4) is 0 Å². The molecule has 0 amide bonds. The first-order valence-electron chi connectivity index (χ1n) is 6.03. The highest BCUT2D eigenvalue weighted by atomic mass is 15.1. The minimum Gasteiger partial charge on any atom is -0.335 e. The summed E-state index contributed by atoms with van der Waals surface area (Å²) in [6.07, 6.45) is 9.69. The molecule has 15 heavy (non-hydrogen) atoms. The van der Waals surface area contributed by atoms with Crippen LogP contribution < -0.4 is 5.73 Å². The summed E-state index contributed by atoms with van der Waals surface area (Å²) in [7, 11) is 2.13. The second kappa shape index (κ2) is 4.79. The lowest BCUT2D eigenvalue weighted by atomic mass is 9.89. The Kier molecular flexibility index (Phi) is 3.41. The van der Waals surface area contributed by atoms with Gasteiger partial charge in [0, 0.05) is 31.3 Å². The minimum atomic E-state index is 0.690. The van der Waals surface area contributed by atoms with Gasteiger partial charge in [0.15, 0.2) is 0 Å². The lowest BCUT2D eigenvalue weighted by Gasteiger charge is -2.21. The number of hydrogen-bond donors (Lipinski definition) is 1. The standard InChI is InChI=1S/C12H21N3/c1-15-11(7-8-13)9-14-12(15)10-5-3-2-4-6-10/h9-10H,2-8,13H2,1H3. The molecule has 1 aliphatic carbocycles. The van der Waals surface area contributed by atoms with Crippen LogP contribution in [0.4, 0.5) is 0 Å². The van der Waals surface area contributed by atoms with Crippen LogP contribution in [0.3, 0.4) is 0 Å². The molecular formula is C12H21N3. The van der Waals surface area contributed by atoms with Crippen molar-refractivity contribution >= 4 is 0 Å². The first-order valence-corrected chi connectivity index (χ1v) is 6.03. The van der Waals surface area contributed by atoms with E-state index in [0.717, 1.165) is 6.42 Å². The van der Waals surface area contributed by atoms with E-state index in [-0.39, 0.29) is 0 Å². The second-order valence-electron chi connectivity index (χ2n) is 4.54. The third-order valence-electron chi connectivity index (χ3n) is 3.49. The summed E-state index contributed by atoms with van der Waals surface area (Å²) in [4.78, 5) is 4.57. The molecule has 2 rings (SSSR count). The fraction of sp³-hybridized carbons (Fsp3) is 0.750. The average Bonchev–Trinajstić information content (AvgIpc) is 2.63. The maximum absolute atomic E-state index is 5.58. The van der Waals surface area contributed by atoms with Crippen molar-refractivity contribution in [1.29, 1.82) is 0 Å². The van der Waals surface area contributed by atoms with Gasteiger partial charge in [-0.15, -0.1) is 0 Å². The highest BCUT2D eigenvalue weighted by molar-refractivity contribution is 5.09. The molecule has 1 saturated carbocycles. The van der Waals surface area contributed by atoms with Gasteiger partial charge in [0.25, 0.3) is 0 Å². The Bertz CT molecular complexity index is 311. The van der Waals surface area contributed by atoms with E-state index in [0.29, 0.717) is 12.5 Å². The quantitative estimate of drug-likeness (QED) is 0.823. The fourth-order valence-corrected chi connectivity index (χ4v) is 2.58. The number of nitrogens with two attached hydrogens (primary N) is 1. The van der Waals surface area contributed by atoms with Gasteiger partial charge in [0.05, 0.1) is 0 Å². The SMILES string of the molecule is Cn1c(CCN)cnc1C1CCCCC1. The van der Waals surface area contributed by atoms with Gasteiger partial charge >= 0.3 is 0 Å². The zero-order chi connectivity index (χ0) is 10.7. The Morgan fingerprint density at radius 2 is 2.13 bits per heavy atom. The molecule has 1 aliphatic rings. The van der Waals surface area contributed by atoms with E-state index in [2.05, 4.69) is 16.6 Å². The lowest BCUT2D eigenvalue weighted by molar-refractivity contribution is 0.420. The van der Waals surface area contributed by atoms with E-state index in [4.69, 9.17) is 5.73 Å². The van der Waals surface area contributed by atoms with Gasteiger partial charge < -0.3 is 10.3 Å². The third-order valence-corrected chi connectivity index (χ3v) is 3.49. The lowest BCUT2D eigenvalue weighted by Crippen LogP contribution is -2.13. The molecule has 0 bridgehead atoms. The molecule has 0 spiro atoms. The van der Waals surface area contributed by atoms with E-state index in [9.17, 15) is 0 Å². The number of imidazole rings is 1. The van der Waals surface area contributed by atoms with Gasteiger partial charge in [-0.1, -0.05) is 19.3 Å². The summed E-state index contributed by atoms with van der Waals surface area (Å²) in [5.74, 6) is 1.97. The van der Waals surface area contributed by atoms with Crippen LogP contribution in [-0.4, -0.2) is 16.1 Å². The van der Waals surface area contributed by atoms with E-state index in [1.54, 1.807) is 0 Å². The average molecular weight is 207 g/mol. The van der Waals surface area contributed by atoms with E-state index < -0.39 is 0 Å². The smallest absolute Gasteiger partial charge is 0.111 e. The molecule has 1 aromatic rings. The molecule has 3 nitrogen and oxygen atoms in total. The molecule has 0 aromatic carbocycles. The predicted molar refractivity (Wildman–Crippen MR) is 61.8 cm³/mol. The largest absolute Gasteiger partial charge is 0.335 e. The van der Waals surface area contributed by atoms with Crippen molar-refractivity contribution in [2.75, 3.05) is 6.54 Å². The van der Waals surface area contributed by atoms with Crippen LogP contribution in [0.2, 0.25) is 0 Å². The van der Waals surface area contributed by atoms with E-state index in [1.165, 1.54) is 43.6 Å². The fourth-order valence-electron chi connectivity index (χ4n) is 2.58. The maximum atomic E-state index is 5.58. The van der Waals surface area contributed by atoms with Crippen LogP contribution in [0.1, 0.15) is 49.5 Å². The van der Waals surface area contributed by atoms with Crippen LogP contribution in [0.5, 0.6) is 0 Å². The van der Waals surface area contributed by atoms with Gasteiger partial charge in [-0.05, 0) is 19.4 Å². The van der Waals surface area contributed by atoms with E-state index in [1.807, 2.05) is 6.20 Å². The Morgan fingerprint density at radius 1 is 1.40 bits per heavy atom. The summed E-state index contributed by atoms with van der Waals surface area (Å²) in [5.41, 5.74) is 6.85. The molecule has 0 atom stereocenters. The van der Waals surface area contributed by atoms with Crippen molar-refractivity contribution in [3.05, 3.63) is 17.7 Å². The van der Waals surface area contributed by atoms with Crippen LogP contribution in [-0.2, 0) is 13.5 Å². The van der Waals surface area contributed by atoms with Crippen molar-refractivity contribution in [1.82, 2.24) is 9.55 Å². The van der Waals surface area contributed by atoms with Gasteiger partial charge in [0.2, 0.25) is 0 Å². The molecule has 0 saturated heterocycles. The highest BCUT2D eigenvalue weighted by Crippen LogP contribution is 2.31. The molecule has 0 aliphatic heterocycles. The predicted octanol–water partition coefficient (Wildman–Crippen LogP) is 1.97. The van der Waals surface area contributed by atoms with Gasteiger partial charge in [-0.2, -0.15) is 0 Å². The summed E-state index contributed by atoms with van der Waals surface area (Å²) >= 11 is 0. The molecular weight excluding hydrogens is 186 g/mol. The normalized spacial score (nSPS) is 18.3. The van der Waals surface area contributed by atoms with Crippen LogP contribution >= 0.6 is 0 Å². The van der Waals surface area contributed by atoms with Crippen LogP contribution in [0, 0.1) is 0 Å². The number of nitrogens with zero attached hydrogens (tertiary/aromatic N) is 2. The van der Waals surface area contributed by atoms with Crippen molar-refractivity contribution in [2.24, 2.45) is 12.8 Å². The second-order valence-corrected chi connectivity index (χ2v) is 4.54. The zero-order valence-corrected chi connectivity index (χ0v) is 9.58. The minimum absolute atomic E-state index is 0.690.